The van der Waals surface area contributed by atoms with Gasteiger partial charge in [-0.15, -0.1) is 0 Å². The van der Waals surface area contributed by atoms with Gasteiger partial charge in [0.05, 0.1) is 14.7 Å². The van der Waals surface area contributed by atoms with Crippen LogP contribution in [0.4, 0.5) is 11.4 Å². The molecule has 0 bridgehead atoms. The van der Waals surface area contributed by atoms with Gasteiger partial charge in [0, 0.05) is 30.9 Å². The molecule has 1 N–H and O–H groups in total. The van der Waals surface area contributed by atoms with Crippen molar-refractivity contribution >= 4 is 31.4 Å². The summed E-state index contributed by atoms with van der Waals surface area (Å²) >= 11 is 0. The Bertz CT molecular complexity index is 1090. The third kappa shape index (κ3) is 4.92. The Morgan fingerprint density at radius 3 is 2.07 bits per heavy atom. The van der Waals surface area contributed by atoms with Crippen LogP contribution >= 0.6 is 0 Å². The van der Waals surface area contributed by atoms with Gasteiger partial charge in [-0.25, -0.2) is 16.8 Å². The van der Waals surface area contributed by atoms with Gasteiger partial charge < -0.3 is 0 Å². The van der Waals surface area contributed by atoms with E-state index in [1.807, 2.05) is 0 Å². The number of nitrogens with one attached hydrogen (secondary N) is 1. The predicted molar refractivity (Wildman–Crippen MR) is 108 cm³/mol. The van der Waals surface area contributed by atoms with Crippen LogP contribution in [-0.2, 0) is 20.0 Å². The Balaban J connectivity index is 1.79. The number of non-ortho nitro benzene ring substituents is 1. The first-order valence-electron chi connectivity index (χ1n) is 9.08. The van der Waals surface area contributed by atoms with Gasteiger partial charge in [-0.3, -0.25) is 14.8 Å². The van der Waals surface area contributed by atoms with E-state index in [-0.39, 0.29) is 21.2 Å². The number of benzene rings is 2. The lowest BCUT2D eigenvalue weighted by molar-refractivity contribution is -0.385. The highest BCUT2D eigenvalue weighted by molar-refractivity contribution is 7.92. The van der Waals surface area contributed by atoms with Crippen LogP contribution in [0.1, 0.15) is 25.7 Å². The molecule has 0 spiro atoms. The summed E-state index contributed by atoms with van der Waals surface area (Å²) in [5.41, 5.74) is -0.182. The molecule has 0 unspecified atom stereocenters. The van der Waals surface area contributed by atoms with Gasteiger partial charge in [0.25, 0.3) is 15.7 Å². The maximum atomic E-state index is 12.8. The first kappa shape index (κ1) is 21.2. The van der Waals surface area contributed by atoms with Crippen LogP contribution in [0, 0.1) is 10.1 Å². The van der Waals surface area contributed by atoms with Gasteiger partial charge in [0.15, 0.2) is 0 Å². The zero-order valence-electron chi connectivity index (χ0n) is 15.5. The average molecular weight is 440 g/mol. The lowest BCUT2D eigenvalue weighted by Crippen LogP contribution is -2.31. The van der Waals surface area contributed by atoms with Crippen LogP contribution in [0.15, 0.2) is 58.3 Å². The van der Waals surface area contributed by atoms with Crippen molar-refractivity contribution in [1.82, 2.24) is 4.31 Å². The lowest BCUT2D eigenvalue weighted by atomic mass is 10.2. The standard InChI is InChI=1S/C18H21N3O6S2/c22-21(23)16-6-5-7-18(14-16)28(24,25)19-15-8-10-17(11-9-15)29(26,27)20-12-3-1-2-4-13-20/h5-11,14,19H,1-4,12-13H2. The van der Waals surface area contributed by atoms with Gasteiger partial charge in [0.1, 0.15) is 0 Å². The number of hydrogen-bond donors (Lipinski definition) is 1. The van der Waals surface area contributed by atoms with Crippen molar-refractivity contribution in [3.8, 4) is 0 Å². The van der Waals surface area contributed by atoms with Crippen LogP contribution in [-0.4, -0.2) is 39.2 Å². The first-order chi connectivity index (χ1) is 13.7. The molecule has 11 heteroatoms. The molecule has 0 saturated carbocycles. The summed E-state index contributed by atoms with van der Waals surface area (Å²) in [6.07, 6.45) is 3.65. The third-order valence-electron chi connectivity index (χ3n) is 4.65. The number of sulfonamides is 2. The van der Waals surface area contributed by atoms with Crippen LogP contribution in [0.25, 0.3) is 0 Å². The van der Waals surface area contributed by atoms with E-state index in [0.29, 0.717) is 13.1 Å². The first-order valence-corrected chi connectivity index (χ1v) is 12.0. The van der Waals surface area contributed by atoms with Crippen LogP contribution < -0.4 is 4.72 Å². The largest absolute Gasteiger partial charge is 0.280 e. The molecule has 1 aliphatic heterocycles. The van der Waals surface area contributed by atoms with Crippen molar-refractivity contribution < 1.29 is 21.8 Å². The molecule has 156 valence electrons. The molecule has 1 heterocycles. The fourth-order valence-electron chi connectivity index (χ4n) is 3.10. The number of nitro benzene ring substituents is 1. The van der Waals surface area contributed by atoms with E-state index in [1.54, 1.807) is 0 Å². The molecular weight excluding hydrogens is 418 g/mol. The highest BCUT2D eigenvalue weighted by Gasteiger charge is 2.25. The average Bonchev–Trinajstić information content (AvgIpc) is 2.98. The van der Waals surface area contributed by atoms with E-state index in [4.69, 9.17) is 0 Å². The molecule has 2 aromatic rings. The second-order valence-corrected chi connectivity index (χ2v) is 10.3. The minimum atomic E-state index is -4.06. The third-order valence-corrected chi connectivity index (χ3v) is 7.94. The summed E-state index contributed by atoms with van der Waals surface area (Å²) in [4.78, 5) is 10.0. The van der Waals surface area contributed by atoms with Crippen molar-refractivity contribution in [2.75, 3.05) is 17.8 Å². The Morgan fingerprint density at radius 2 is 1.48 bits per heavy atom. The minimum absolute atomic E-state index is 0.0951. The molecule has 1 fully saturated rings. The molecule has 0 aromatic heterocycles. The monoisotopic (exact) mass is 439 g/mol. The molecule has 0 radical (unpaired) electrons. The fraction of sp³-hybridized carbons (Fsp3) is 0.333. The Hall–Kier alpha value is -2.50. The quantitative estimate of drug-likeness (QED) is 0.545. The number of nitrogens with zero attached hydrogens (tertiary/aromatic N) is 2. The van der Waals surface area contributed by atoms with Gasteiger partial charge in [-0.05, 0) is 43.2 Å². The number of anilines is 1. The topological polar surface area (TPSA) is 127 Å². The molecule has 29 heavy (non-hydrogen) atoms. The smallest absolute Gasteiger partial charge is 0.270 e. The molecule has 2 aromatic carbocycles. The highest BCUT2D eigenvalue weighted by Crippen LogP contribution is 2.24. The number of nitro groups is 1. The van der Waals surface area contributed by atoms with Crippen molar-refractivity contribution in [1.29, 1.82) is 0 Å². The molecule has 0 amide bonds. The van der Waals surface area contributed by atoms with Gasteiger partial charge in [-0.2, -0.15) is 4.31 Å². The fourth-order valence-corrected chi connectivity index (χ4v) is 5.72. The summed E-state index contributed by atoms with van der Waals surface area (Å²) in [6.45, 7) is 0.951. The summed E-state index contributed by atoms with van der Waals surface area (Å²) in [6, 6.07) is 10.1. The second-order valence-electron chi connectivity index (χ2n) is 6.70. The maximum absolute atomic E-state index is 12.8. The van der Waals surface area contributed by atoms with Crippen molar-refractivity contribution in [2.24, 2.45) is 0 Å². The molecule has 1 aliphatic rings. The van der Waals surface area contributed by atoms with E-state index < -0.39 is 25.0 Å². The van der Waals surface area contributed by atoms with Crippen LogP contribution in [0.2, 0.25) is 0 Å². The SMILES string of the molecule is O=[N+]([O-])c1cccc(S(=O)(=O)Nc2ccc(S(=O)(=O)N3CCCCCC3)cc2)c1. The Kier molecular flexibility index (Phi) is 6.20. The van der Waals surface area contributed by atoms with Crippen molar-refractivity contribution in [3.05, 3.63) is 58.6 Å². The van der Waals surface area contributed by atoms with E-state index >= 15 is 0 Å². The van der Waals surface area contributed by atoms with Gasteiger partial charge >= 0.3 is 0 Å². The predicted octanol–water partition coefficient (Wildman–Crippen LogP) is 2.96. The minimum Gasteiger partial charge on any atom is -0.280 e. The zero-order chi connectivity index (χ0) is 21.1. The second kappa shape index (κ2) is 8.47. The number of hydrogen-bond acceptors (Lipinski definition) is 6. The van der Waals surface area contributed by atoms with E-state index in [1.165, 1.54) is 46.8 Å². The van der Waals surface area contributed by atoms with Crippen molar-refractivity contribution in [2.45, 2.75) is 35.5 Å². The van der Waals surface area contributed by atoms with E-state index in [2.05, 4.69) is 4.72 Å². The molecule has 3 rings (SSSR count). The summed E-state index contributed by atoms with van der Waals surface area (Å²) in [5, 5.41) is 10.9. The molecule has 0 aliphatic carbocycles. The number of rotatable bonds is 6. The Morgan fingerprint density at radius 1 is 0.862 bits per heavy atom. The van der Waals surface area contributed by atoms with Crippen LogP contribution in [0.3, 0.4) is 0 Å². The Labute approximate surface area is 169 Å². The summed E-state index contributed by atoms with van der Waals surface area (Å²) < 4.78 is 54.3. The highest BCUT2D eigenvalue weighted by atomic mass is 32.2. The molecule has 1 saturated heterocycles. The maximum Gasteiger partial charge on any atom is 0.270 e. The molecular formula is C18H21N3O6S2. The summed E-state index contributed by atoms with van der Waals surface area (Å²) in [7, 11) is -7.69. The van der Waals surface area contributed by atoms with Crippen molar-refractivity contribution in [3.63, 3.8) is 0 Å². The van der Waals surface area contributed by atoms with Gasteiger partial charge in [0.2, 0.25) is 10.0 Å². The van der Waals surface area contributed by atoms with Gasteiger partial charge in [-0.1, -0.05) is 18.9 Å². The normalized spacial score (nSPS) is 16.1. The molecule has 9 nitrogen and oxygen atoms in total. The molecule has 0 atom stereocenters. The zero-order valence-corrected chi connectivity index (χ0v) is 17.2. The lowest BCUT2D eigenvalue weighted by Gasteiger charge is -2.20. The summed E-state index contributed by atoms with van der Waals surface area (Å²) in [5.74, 6) is 0. The van der Waals surface area contributed by atoms with E-state index in [9.17, 15) is 26.9 Å². The van der Waals surface area contributed by atoms with Crippen LogP contribution in [0.5, 0.6) is 0 Å². The van der Waals surface area contributed by atoms with E-state index in [0.717, 1.165) is 31.7 Å².